The first-order chi connectivity index (χ1) is 8.11. The second kappa shape index (κ2) is 4.79. The molecule has 0 spiro atoms. The molecule has 0 aliphatic heterocycles. The van der Waals surface area contributed by atoms with Crippen LogP contribution in [0.5, 0.6) is 0 Å². The van der Waals surface area contributed by atoms with Gasteiger partial charge in [-0.15, -0.1) is 11.8 Å². The van der Waals surface area contributed by atoms with Crippen LogP contribution in [0.25, 0.3) is 0 Å². The molecule has 90 valence electrons. The van der Waals surface area contributed by atoms with Crippen molar-refractivity contribution in [2.45, 2.75) is 17.2 Å². The number of guanidine groups is 1. The summed E-state index contributed by atoms with van der Waals surface area (Å²) in [6, 6.07) is 8.28. The Labute approximate surface area is 104 Å². The highest BCUT2D eigenvalue weighted by molar-refractivity contribution is 7.98. The molecule has 1 amide bonds. The lowest BCUT2D eigenvalue weighted by Crippen LogP contribution is -2.24. The Morgan fingerprint density at radius 2 is 2.00 bits per heavy atom. The first kappa shape index (κ1) is 12.0. The van der Waals surface area contributed by atoms with Crippen molar-refractivity contribution in [1.82, 2.24) is 0 Å². The van der Waals surface area contributed by atoms with Gasteiger partial charge in [-0.25, -0.2) is 0 Å². The third-order valence-electron chi connectivity index (χ3n) is 2.89. The summed E-state index contributed by atoms with van der Waals surface area (Å²) in [6.45, 7) is 0. The number of carbonyl (C=O) groups is 1. The van der Waals surface area contributed by atoms with Gasteiger partial charge < -0.3 is 11.5 Å². The summed E-state index contributed by atoms with van der Waals surface area (Å²) in [6.07, 6.45) is 2.88. The normalized spacial score (nSPS) is 21.9. The zero-order valence-corrected chi connectivity index (χ0v) is 10.4. The maximum absolute atomic E-state index is 11.6. The van der Waals surface area contributed by atoms with E-state index in [1.807, 2.05) is 6.26 Å². The number of aliphatic imine (C=N–C) groups is 1. The fraction of sp³-hybridized carbons (Fsp3) is 0.333. The zero-order valence-electron chi connectivity index (χ0n) is 9.59. The predicted octanol–water partition coefficient (Wildman–Crippen LogP) is 1.31. The lowest BCUT2D eigenvalue weighted by atomic mass is 10.1. The summed E-state index contributed by atoms with van der Waals surface area (Å²) in [5.74, 6) is -0.124. The van der Waals surface area contributed by atoms with Crippen LogP contribution >= 0.6 is 11.8 Å². The van der Waals surface area contributed by atoms with E-state index in [2.05, 4.69) is 29.3 Å². The van der Waals surface area contributed by atoms with Gasteiger partial charge in [0.1, 0.15) is 0 Å². The van der Waals surface area contributed by atoms with Gasteiger partial charge in [-0.3, -0.25) is 4.79 Å². The standard InChI is InChI=1S/C12H15N3OS/c1-17-8-4-2-7(3-5-8)9-6-10(9)11(16)15-12(13)14/h2-5,9-10H,6H2,1H3,(H4,13,14,15,16). The Morgan fingerprint density at radius 3 is 2.53 bits per heavy atom. The molecule has 17 heavy (non-hydrogen) atoms. The molecule has 0 radical (unpaired) electrons. The Kier molecular flexibility index (Phi) is 3.38. The number of benzene rings is 1. The van der Waals surface area contributed by atoms with Crippen molar-refractivity contribution in [3.8, 4) is 0 Å². The highest BCUT2D eigenvalue weighted by Gasteiger charge is 2.43. The zero-order chi connectivity index (χ0) is 12.4. The SMILES string of the molecule is CSc1ccc(C2CC2C(=O)N=C(N)N)cc1. The minimum atomic E-state index is -0.205. The van der Waals surface area contributed by atoms with E-state index in [4.69, 9.17) is 11.5 Å². The number of amides is 1. The molecule has 2 rings (SSSR count). The first-order valence-corrected chi connectivity index (χ1v) is 6.61. The summed E-state index contributed by atoms with van der Waals surface area (Å²) in [4.78, 5) is 16.4. The average molecular weight is 249 g/mol. The Hall–Kier alpha value is -1.49. The quantitative estimate of drug-likeness (QED) is 0.481. The third kappa shape index (κ3) is 2.79. The maximum atomic E-state index is 11.6. The van der Waals surface area contributed by atoms with Gasteiger partial charge in [0.15, 0.2) is 5.96 Å². The van der Waals surface area contributed by atoms with Crippen molar-refractivity contribution in [2.24, 2.45) is 22.4 Å². The smallest absolute Gasteiger partial charge is 0.252 e. The van der Waals surface area contributed by atoms with Gasteiger partial charge in [-0.2, -0.15) is 4.99 Å². The van der Waals surface area contributed by atoms with E-state index in [1.54, 1.807) is 11.8 Å². The van der Waals surface area contributed by atoms with Crippen LogP contribution in [0.1, 0.15) is 17.9 Å². The Morgan fingerprint density at radius 1 is 1.35 bits per heavy atom. The van der Waals surface area contributed by atoms with Crippen molar-refractivity contribution in [3.05, 3.63) is 29.8 Å². The first-order valence-electron chi connectivity index (χ1n) is 5.39. The van der Waals surface area contributed by atoms with Crippen molar-refractivity contribution in [3.63, 3.8) is 0 Å². The Balaban J connectivity index is 2.02. The number of nitrogens with two attached hydrogens (primary N) is 2. The molecule has 0 aromatic heterocycles. The van der Waals surface area contributed by atoms with E-state index in [9.17, 15) is 4.79 Å². The molecule has 1 fully saturated rings. The molecule has 0 saturated heterocycles. The second-order valence-electron chi connectivity index (χ2n) is 4.10. The van der Waals surface area contributed by atoms with Crippen molar-refractivity contribution < 1.29 is 4.79 Å². The van der Waals surface area contributed by atoms with Gasteiger partial charge in [-0.1, -0.05) is 12.1 Å². The molecule has 1 aliphatic rings. The van der Waals surface area contributed by atoms with Gasteiger partial charge in [0, 0.05) is 10.8 Å². The molecule has 4 N–H and O–H groups in total. The number of hydrogen-bond donors (Lipinski definition) is 2. The number of hydrogen-bond acceptors (Lipinski definition) is 2. The summed E-state index contributed by atoms with van der Waals surface area (Å²) in [7, 11) is 0. The summed E-state index contributed by atoms with van der Waals surface area (Å²) in [5, 5.41) is 0. The average Bonchev–Trinajstić information content (AvgIpc) is 3.08. The molecule has 0 bridgehead atoms. The van der Waals surface area contributed by atoms with Gasteiger partial charge in [0.2, 0.25) is 0 Å². The fourth-order valence-corrected chi connectivity index (χ4v) is 2.31. The van der Waals surface area contributed by atoms with E-state index in [-0.39, 0.29) is 23.7 Å². The molecule has 1 aromatic carbocycles. The van der Waals surface area contributed by atoms with E-state index in [0.29, 0.717) is 0 Å². The molecular weight excluding hydrogens is 234 g/mol. The molecular formula is C12H15N3OS. The van der Waals surface area contributed by atoms with Crippen LogP contribution in [0.3, 0.4) is 0 Å². The van der Waals surface area contributed by atoms with E-state index in [1.165, 1.54) is 10.5 Å². The number of nitrogens with zero attached hydrogens (tertiary/aromatic N) is 1. The van der Waals surface area contributed by atoms with Crippen LogP contribution in [0.4, 0.5) is 0 Å². The van der Waals surface area contributed by atoms with Crippen molar-refractivity contribution >= 4 is 23.6 Å². The lowest BCUT2D eigenvalue weighted by molar-refractivity contribution is -0.119. The lowest BCUT2D eigenvalue weighted by Gasteiger charge is -2.00. The minimum Gasteiger partial charge on any atom is -0.370 e. The number of carbonyl (C=O) groups excluding carboxylic acids is 1. The largest absolute Gasteiger partial charge is 0.370 e. The molecule has 1 saturated carbocycles. The maximum Gasteiger partial charge on any atom is 0.252 e. The van der Waals surface area contributed by atoms with Crippen LogP contribution in [-0.4, -0.2) is 18.1 Å². The highest BCUT2D eigenvalue weighted by Crippen LogP contribution is 2.48. The monoisotopic (exact) mass is 249 g/mol. The van der Waals surface area contributed by atoms with Gasteiger partial charge in [-0.05, 0) is 36.3 Å². The topological polar surface area (TPSA) is 81.5 Å². The van der Waals surface area contributed by atoms with Crippen LogP contribution in [-0.2, 0) is 4.79 Å². The summed E-state index contributed by atoms with van der Waals surface area (Å²) < 4.78 is 0. The number of thioether (sulfide) groups is 1. The third-order valence-corrected chi connectivity index (χ3v) is 3.63. The molecule has 1 aliphatic carbocycles. The van der Waals surface area contributed by atoms with Crippen LogP contribution in [0.15, 0.2) is 34.2 Å². The van der Waals surface area contributed by atoms with Gasteiger partial charge in [0.05, 0.1) is 0 Å². The molecule has 5 heteroatoms. The molecule has 2 unspecified atom stereocenters. The van der Waals surface area contributed by atoms with E-state index < -0.39 is 0 Å². The molecule has 1 aromatic rings. The minimum absolute atomic E-state index is 0.0442. The van der Waals surface area contributed by atoms with Gasteiger partial charge >= 0.3 is 0 Å². The van der Waals surface area contributed by atoms with Crippen molar-refractivity contribution in [1.29, 1.82) is 0 Å². The molecule has 2 atom stereocenters. The fourth-order valence-electron chi connectivity index (χ4n) is 1.90. The Bertz CT molecular complexity index is 451. The van der Waals surface area contributed by atoms with Crippen LogP contribution in [0.2, 0.25) is 0 Å². The number of rotatable bonds is 3. The van der Waals surface area contributed by atoms with E-state index >= 15 is 0 Å². The van der Waals surface area contributed by atoms with Crippen molar-refractivity contribution in [2.75, 3.05) is 6.26 Å². The summed E-state index contributed by atoms with van der Waals surface area (Å²) >= 11 is 1.70. The van der Waals surface area contributed by atoms with E-state index in [0.717, 1.165) is 6.42 Å². The molecule has 0 heterocycles. The molecule has 4 nitrogen and oxygen atoms in total. The summed E-state index contributed by atoms with van der Waals surface area (Å²) in [5.41, 5.74) is 11.6. The van der Waals surface area contributed by atoms with Gasteiger partial charge in [0.25, 0.3) is 5.91 Å². The van der Waals surface area contributed by atoms with Crippen LogP contribution < -0.4 is 11.5 Å². The second-order valence-corrected chi connectivity index (χ2v) is 4.98. The predicted molar refractivity (Wildman–Crippen MR) is 69.9 cm³/mol. The highest BCUT2D eigenvalue weighted by atomic mass is 32.2. The van der Waals surface area contributed by atoms with Crippen LogP contribution in [0, 0.1) is 5.92 Å².